The Labute approximate surface area is 136 Å². The molecule has 0 aromatic heterocycles. The predicted octanol–water partition coefficient (Wildman–Crippen LogP) is 1.64. The fourth-order valence-corrected chi connectivity index (χ4v) is 3.84. The number of nitrogens with two attached hydrogens (primary N) is 1. The zero-order valence-corrected chi connectivity index (χ0v) is 14.6. The van der Waals surface area contributed by atoms with Gasteiger partial charge in [-0.1, -0.05) is 26.2 Å². The number of hydrogen-bond donors (Lipinski definition) is 2. The van der Waals surface area contributed by atoms with Crippen molar-refractivity contribution in [1.82, 2.24) is 15.1 Å². The molecule has 2 fully saturated rings. The number of aliphatic imine (C=N–C) groups is 1. The van der Waals surface area contributed by atoms with Crippen LogP contribution in [0.3, 0.4) is 0 Å². The van der Waals surface area contributed by atoms with Crippen LogP contribution >= 0.6 is 0 Å². The number of likely N-dealkylation sites (tertiary alicyclic amines) is 1. The zero-order chi connectivity index (χ0) is 15.8. The molecule has 5 nitrogen and oxygen atoms in total. The van der Waals surface area contributed by atoms with Gasteiger partial charge in [-0.15, -0.1) is 0 Å². The fourth-order valence-electron chi connectivity index (χ4n) is 3.84. The fraction of sp³-hybridized carbons (Fsp3) is 0.941. The average Bonchev–Trinajstić information content (AvgIpc) is 3.01. The van der Waals surface area contributed by atoms with Gasteiger partial charge in [0.05, 0.1) is 6.54 Å². The van der Waals surface area contributed by atoms with Gasteiger partial charge in [0.1, 0.15) is 0 Å². The van der Waals surface area contributed by atoms with Crippen molar-refractivity contribution in [1.29, 1.82) is 0 Å². The second-order valence-electron chi connectivity index (χ2n) is 6.85. The van der Waals surface area contributed by atoms with Crippen molar-refractivity contribution in [2.24, 2.45) is 10.7 Å². The van der Waals surface area contributed by atoms with E-state index >= 15 is 0 Å². The largest absolute Gasteiger partial charge is 0.370 e. The molecule has 5 heteroatoms. The van der Waals surface area contributed by atoms with Gasteiger partial charge >= 0.3 is 0 Å². The smallest absolute Gasteiger partial charge is 0.188 e. The van der Waals surface area contributed by atoms with Crippen LogP contribution in [0.4, 0.5) is 0 Å². The van der Waals surface area contributed by atoms with Crippen LogP contribution in [-0.2, 0) is 0 Å². The lowest BCUT2D eigenvalue weighted by Crippen LogP contribution is -2.42. The van der Waals surface area contributed by atoms with Crippen LogP contribution in [-0.4, -0.2) is 67.6 Å². The molecular formula is C17H35N5. The Bertz CT molecular complexity index is 338. The van der Waals surface area contributed by atoms with Crippen LogP contribution in [0.5, 0.6) is 0 Å². The van der Waals surface area contributed by atoms with Gasteiger partial charge < -0.3 is 16.0 Å². The quantitative estimate of drug-likeness (QED) is 0.554. The molecule has 0 aromatic carbocycles. The lowest BCUT2D eigenvalue weighted by Gasteiger charge is -2.31. The Morgan fingerprint density at radius 3 is 2.73 bits per heavy atom. The Balaban J connectivity index is 1.62. The normalized spacial score (nSPS) is 25.0. The van der Waals surface area contributed by atoms with Gasteiger partial charge in [0.25, 0.3) is 0 Å². The summed E-state index contributed by atoms with van der Waals surface area (Å²) in [5.74, 6) is 0.611. The Hall–Kier alpha value is -0.810. The van der Waals surface area contributed by atoms with Gasteiger partial charge in [-0.3, -0.25) is 9.89 Å². The van der Waals surface area contributed by atoms with Gasteiger partial charge in [-0.05, 0) is 45.8 Å². The van der Waals surface area contributed by atoms with Gasteiger partial charge in [-0.25, -0.2) is 0 Å². The molecular weight excluding hydrogens is 274 g/mol. The van der Waals surface area contributed by atoms with E-state index in [0.717, 1.165) is 32.2 Å². The van der Waals surface area contributed by atoms with Crippen LogP contribution in [0.2, 0.25) is 0 Å². The number of likely N-dealkylation sites (N-methyl/N-ethyl adjacent to an activating group) is 2. The Kier molecular flexibility index (Phi) is 7.46. The van der Waals surface area contributed by atoms with Gasteiger partial charge in [0.15, 0.2) is 5.96 Å². The SMILES string of the molecule is CCN1CCCC1CN=C(N)NCCN(C)C1CCCCC1. The summed E-state index contributed by atoms with van der Waals surface area (Å²) >= 11 is 0. The minimum atomic E-state index is 0.593. The standard InChI is InChI=1S/C17H35N5/c1-3-22-12-7-10-16(22)14-20-17(18)19-11-13-21(2)15-8-5-4-6-9-15/h15-16H,3-14H2,1-2H3,(H3,18,19,20). The van der Waals surface area contributed by atoms with Gasteiger partial charge in [-0.2, -0.15) is 0 Å². The van der Waals surface area contributed by atoms with E-state index in [1.807, 2.05) is 0 Å². The first-order valence-electron chi connectivity index (χ1n) is 9.18. The Morgan fingerprint density at radius 2 is 2.00 bits per heavy atom. The first kappa shape index (κ1) is 17.5. The van der Waals surface area contributed by atoms with Crippen molar-refractivity contribution in [2.75, 3.05) is 39.8 Å². The molecule has 0 radical (unpaired) electrons. The molecule has 128 valence electrons. The second kappa shape index (κ2) is 9.36. The monoisotopic (exact) mass is 309 g/mol. The van der Waals surface area contributed by atoms with Crippen molar-refractivity contribution in [2.45, 2.75) is 64.0 Å². The summed E-state index contributed by atoms with van der Waals surface area (Å²) < 4.78 is 0. The molecule has 2 rings (SSSR count). The maximum Gasteiger partial charge on any atom is 0.188 e. The van der Waals surface area contributed by atoms with E-state index < -0.39 is 0 Å². The van der Waals surface area contributed by atoms with E-state index in [9.17, 15) is 0 Å². The molecule has 2 aliphatic rings. The molecule has 1 atom stereocenters. The first-order chi connectivity index (χ1) is 10.7. The number of hydrogen-bond acceptors (Lipinski definition) is 3. The maximum atomic E-state index is 6.01. The van der Waals surface area contributed by atoms with E-state index in [-0.39, 0.29) is 0 Å². The number of nitrogens with zero attached hydrogens (tertiary/aromatic N) is 3. The highest BCUT2D eigenvalue weighted by Crippen LogP contribution is 2.21. The molecule has 0 aromatic rings. The summed E-state index contributed by atoms with van der Waals surface area (Å²) in [6, 6.07) is 1.36. The van der Waals surface area contributed by atoms with E-state index in [2.05, 4.69) is 34.1 Å². The predicted molar refractivity (Wildman–Crippen MR) is 94.3 cm³/mol. The number of nitrogens with one attached hydrogen (secondary N) is 1. The molecule has 1 aliphatic carbocycles. The van der Waals surface area contributed by atoms with Crippen LogP contribution in [0.15, 0.2) is 4.99 Å². The molecule has 0 bridgehead atoms. The summed E-state index contributed by atoms with van der Waals surface area (Å²) in [5.41, 5.74) is 6.01. The second-order valence-corrected chi connectivity index (χ2v) is 6.85. The summed E-state index contributed by atoms with van der Waals surface area (Å²) in [6.45, 7) is 7.35. The molecule has 1 heterocycles. The van der Waals surface area contributed by atoms with Crippen molar-refractivity contribution in [3.63, 3.8) is 0 Å². The lowest BCUT2D eigenvalue weighted by molar-refractivity contribution is 0.194. The van der Waals surface area contributed by atoms with E-state index in [0.29, 0.717) is 12.0 Å². The summed E-state index contributed by atoms with van der Waals surface area (Å²) in [5, 5.41) is 3.28. The van der Waals surface area contributed by atoms with Crippen LogP contribution in [0, 0.1) is 0 Å². The summed E-state index contributed by atoms with van der Waals surface area (Å²) in [4.78, 5) is 9.53. The highest BCUT2D eigenvalue weighted by molar-refractivity contribution is 5.77. The van der Waals surface area contributed by atoms with Gasteiger partial charge in [0.2, 0.25) is 0 Å². The molecule has 22 heavy (non-hydrogen) atoms. The van der Waals surface area contributed by atoms with Crippen molar-refractivity contribution in [3.05, 3.63) is 0 Å². The van der Waals surface area contributed by atoms with Crippen molar-refractivity contribution in [3.8, 4) is 0 Å². The average molecular weight is 310 g/mol. The topological polar surface area (TPSA) is 56.9 Å². The van der Waals surface area contributed by atoms with E-state index in [1.165, 1.54) is 51.5 Å². The lowest BCUT2D eigenvalue weighted by atomic mass is 9.94. The van der Waals surface area contributed by atoms with Crippen LogP contribution in [0.1, 0.15) is 51.9 Å². The third kappa shape index (κ3) is 5.43. The molecule has 1 unspecified atom stereocenters. The van der Waals surface area contributed by atoms with Gasteiger partial charge in [0, 0.05) is 25.2 Å². The summed E-state index contributed by atoms with van der Waals surface area (Å²) in [7, 11) is 2.24. The molecule has 1 aliphatic heterocycles. The van der Waals surface area contributed by atoms with Crippen molar-refractivity contribution < 1.29 is 0 Å². The van der Waals surface area contributed by atoms with Crippen LogP contribution < -0.4 is 11.1 Å². The number of guanidine groups is 1. The maximum absolute atomic E-state index is 6.01. The van der Waals surface area contributed by atoms with Crippen LogP contribution in [0.25, 0.3) is 0 Å². The van der Waals surface area contributed by atoms with E-state index in [4.69, 9.17) is 5.73 Å². The Morgan fingerprint density at radius 1 is 1.23 bits per heavy atom. The minimum Gasteiger partial charge on any atom is -0.370 e. The summed E-state index contributed by atoms with van der Waals surface area (Å²) in [6.07, 6.45) is 9.46. The zero-order valence-electron chi connectivity index (χ0n) is 14.6. The number of rotatable bonds is 7. The highest BCUT2D eigenvalue weighted by Gasteiger charge is 2.22. The highest BCUT2D eigenvalue weighted by atomic mass is 15.2. The third-order valence-corrected chi connectivity index (χ3v) is 5.35. The molecule has 3 N–H and O–H groups in total. The third-order valence-electron chi connectivity index (χ3n) is 5.35. The van der Waals surface area contributed by atoms with E-state index in [1.54, 1.807) is 0 Å². The first-order valence-corrected chi connectivity index (χ1v) is 9.18. The molecule has 1 saturated carbocycles. The molecule has 0 spiro atoms. The van der Waals surface area contributed by atoms with Crippen molar-refractivity contribution >= 4 is 5.96 Å². The molecule has 1 saturated heterocycles. The molecule has 0 amide bonds. The minimum absolute atomic E-state index is 0.593.